The molecule has 0 heterocycles. The number of carboxylic acid groups (broad SMARTS) is 1. The van der Waals surface area contributed by atoms with Crippen LogP contribution in [0.2, 0.25) is 0 Å². The monoisotopic (exact) mass is 347 g/mol. The third kappa shape index (κ3) is 4.07. The number of carboxylic acids is 1. The van der Waals surface area contributed by atoms with Crippen molar-refractivity contribution in [3.05, 3.63) is 70.3 Å². The highest BCUT2D eigenvalue weighted by Crippen LogP contribution is 2.41. The lowest BCUT2D eigenvalue weighted by atomic mass is 9.81. The lowest BCUT2D eigenvalue weighted by molar-refractivity contribution is -0.255. The molecule has 0 N–H and O–H groups in total. The summed E-state index contributed by atoms with van der Waals surface area (Å²) >= 11 is 0. The molecule has 26 heavy (non-hydrogen) atoms. The van der Waals surface area contributed by atoms with E-state index < -0.39 is 5.97 Å². The van der Waals surface area contributed by atoms with E-state index in [-0.39, 0.29) is 5.56 Å². The molecular formula is C24H27O2-. The SMILES string of the molecule is C/C(=C\c1ccc(C(=O)[O-])cc1)c1ccc2c(c1)C(C)CC(C)(C)CC2. The molecular weight excluding hydrogens is 320 g/mol. The van der Waals surface area contributed by atoms with E-state index in [4.69, 9.17) is 0 Å². The summed E-state index contributed by atoms with van der Waals surface area (Å²) in [5, 5.41) is 10.9. The molecule has 2 aromatic rings. The van der Waals surface area contributed by atoms with E-state index in [1.807, 2.05) is 12.1 Å². The number of rotatable bonds is 3. The Kier molecular flexibility index (Phi) is 5.04. The van der Waals surface area contributed by atoms with E-state index in [0.29, 0.717) is 11.3 Å². The largest absolute Gasteiger partial charge is 0.545 e. The lowest BCUT2D eigenvalue weighted by Crippen LogP contribution is -2.21. The van der Waals surface area contributed by atoms with E-state index in [2.05, 4.69) is 52.0 Å². The van der Waals surface area contributed by atoms with E-state index >= 15 is 0 Å². The van der Waals surface area contributed by atoms with Crippen LogP contribution in [0.25, 0.3) is 11.6 Å². The Balaban J connectivity index is 1.89. The number of hydrogen-bond acceptors (Lipinski definition) is 2. The van der Waals surface area contributed by atoms with Gasteiger partial charge in [-0.3, -0.25) is 0 Å². The zero-order valence-electron chi connectivity index (χ0n) is 16.1. The second-order valence-electron chi connectivity index (χ2n) is 8.42. The first-order valence-electron chi connectivity index (χ1n) is 9.38. The number of carbonyl (C=O) groups excluding carboxylic acids is 1. The number of aromatic carboxylic acids is 1. The van der Waals surface area contributed by atoms with Gasteiger partial charge >= 0.3 is 0 Å². The lowest BCUT2D eigenvalue weighted by Gasteiger charge is -2.24. The van der Waals surface area contributed by atoms with Crippen molar-refractivity contribution < 1.29 is 9.90 Å². The minimum absolute atomic E-state index is 0.210. The van der Waals surface area contributed by atoms with Gasteiger partial charge in [-0.05, 0) is 70.9 Å². The van der Waals surface area contributed by atoms with Crippen molar-refractivity contribution in [3.8, 4) is 0 Å². The van der Waals surface area contributed by atoms with Crippen molar-refractivity contribution >= 4 is 17.6 Å². The third-order valence-corrected chi connectivity index (χ3v) is 5.59. The molecule has 0 bridgehead atoms. The number of fused-ring (bicyclic) bond motifs is 1. The minimum Gasteiger partial charge on any atom is -0.545 e. The van der Waals surface area contributed by atoms with Crippen LogP contribution >= 0.6 is 0 Å². The average Bonchev–Trinajstić information content (AvgIpc) is 2.70. The Morgan fingerprint density at radius 1 is 1.12 bits per heavy atom. The molecule has 0 aliphatic heterocycles. The zero-order valence-corrected chi connectivity index (χ0v) is 16.1. The summed E-state index contributed by atoms with van der Waals surface area (Å²) in [6.07, 6.45) is 5.71. The quantitative estimate of drug-likeness (QED) is 0.574. The van der Waals surface area contributed by atoms with Gasteiger partial charge < -0.3 is 9.90 Å². The molecule has 0 saturated heterocycles. The first-order valence-corrected chi connectivity index (χ1v) is 9.38. The average molecular weight is 347 g/mol. The van der Waals surface area contributed by atoms with Crippen molar-refractivity contribution in [1.82, 2.24) is 0 Å². The van der Waals surface area contributed by atoms with Gasteiger partial charge in [0.05, 0.1) is 5.97 Å². The Hall–Kier alpha value is -2.35. The molecule has 2 aromatic carbocycles. The van der Waals surface area contributed by atoms with Crippen LogP contribution in [0.5, 0.6) is 0 Å². The van der Waals surface area contributed by atoms with E-state index in [0.717, 1.165) is 12.0 Å². The summed E-state index contributed by atoms with van der Waals surface area (Å²) in [5.41, 5.74) is 6.98. The Morgan fingerprint density at radius 2 is 1.77 bits per heavy atom. The van der Waals surface area contributed by atoms with Crippen LogP contribution in [-0.4, -0.2) is 5.97 Å². The van der Waals surface area contributed by atoms with Crippen LogP contribution in [-0.2, 0) is 6.42 Å². The summed E-state index contributed by atoms with van der Waals surface area (Å²) in [7, 11) is 0. The smallest absolute Gasteiger partial charge is 0.0715 e. The molecule has 0 saturated carbocycles. The molecule has 0 fully saturated rings. The van der Waals surface area contributed by atoms with Crippen molar-refractivity contribution in [2.45, 2.75) is 52.9 Å². The van der Waals surface area contributed by atoms with Gasteiger partial charge in [0.2, 0.25) is 0 Å². The van der Waals surface area contributed by atoms with E-state index in [1.165, 1.54) is 35.1 Å². The molecule has 2 heteroatoms. The summed E-state index contributed by atoms with van der Waals surface area (Å²) in [6.45, 7) is 9.20. The highest BCUT2D eigenvalue weighted by molar-refractivity contribution is 5.87. The van der Waals surface area contributed by atoms with Crippen molar-refractivity contribution in [1.29, 1.82) is 0 Å². The number of benzene rings is 2. The molecule has 0 amide bonds. The first-order chi connectivity index (χ1) is 12.2. The molecule has 1 unspecified atom stereocenters. The van der Waals surface area contributed by atoms with Crippen molar-refractivity contribution in [2.24, 2.45) is 5.41 Å². The first kappa shape index (κ1) is 18.4. The third-order valence-electron chi connectivity index (χ3n) is 5.59. The van der Waals surface area contributed by atoms with E-state index in [9.17, 15) is 9.90 Å². The highest BCUT2D eigenvalue weighted by Gasteiger charge is 2.27. The normalized spacial score (nSPS) is 19.5. The zero-order chi connectivity index (χ0) is 18.9. The van der Waals surface area contributed by atoms with Gasteiger partial charge in [0.25, 0.3) is 0 Å². The molecule has 0 radical (unpaired) electrons. The summed E-state index contributed by atoms with van der Waals surface area (Å²) < 4.78 is 0. The second kappa shape index (κ2) is 7.11. The van der Waals surface area contributed by atoms with Crippen LogP contribution in [0.4, 0.5) is 0 Å². The molecule has 3 rings (SSSR count). The summed E-state index contributed by atoms with van der Waals surface area (Å²) in [5.74, 6) is -0.572. The summed E-state index contributed by atoms with van der Waals surface area (Å²) in [4.78, 5) is 10.9. The van der Waals surface area contributed by atoms with E-state index in [1.54, 1.807) is 12.1 Å². The topological polar surface area (TPSA) is 40.1 Å². The Bertz CT molecular complexity index is 841. The number of aryl methyl sites for hydroxylation is 1. The van der Waals surface area contributed by atoms with Gasteiger partial charge in [-0.2, -0.15) is 0 Å². The van der Waals surface area contributed by atoms with Crippen molar-refractivity contribution in [2.75, 3.05) is 0 Å². The van der Waals surface area contributed by atoms with Gasteiger partial charge in [-0.15, -0.1) is 0 Å². The number of carbonyl (C=O) groups is 1. The molecule has 0 aromatic heterocycles. The standard InChI is InChI=1S/C24H28O2/c1-16(13-18-5-7-20(8-6-18)23(25)26)21-10-9-19-11-12-24(3,4)15-17(2)22(19)14-21/h5-10,13-14,17H,11-12,15H2,1-4H3,(H,25,26)/p-1/b16-13+. The fourth-order valence-electron chi connectivity index (χ4n) is 4.09. The fraction of sp³-hybridized carbons (Fsp3) is 0.375. The van der Waals surface area contributed by atoms with Crippen LogP contribution in [0.3, 0.4) is 0 Å². The van der Waals surface area contributed by atoms with Gasteiger partial charge in [0, 0.05) is 0 Å². The molecule has 2 nitrogen and oxygen atoms in total. The van der Waals surface area contributed by atoms with Gasteiger partial charge in [0.15, 0.2) is 0 Å². The molecule has 0 spiro atoms. The van der Waals surface area contributed by atoms with Crippen LogP contribution < -0.4 is 5.11 Å². The molecule has 1 aliphatic rings. The maximum Gasteiger partial charge on any atom is 0.0715 e. The van der Waals surface area contributed by atoms with Gasteiger partial charge in [0.1, 0.15) is 0 Å². The Morgan fingerprint density at radius 3 is 2.42 bits per heavy atom. The summed E-state index contributed by atoms with van der Waals surface area (Å²) in [6, 6.07) is 13.7. The fourth-order valence-corrected chi connectivity index (χ4v) is 4.09. The van der Waals surface area contributed by atoms with Crippen LogP contribution in [0.15, 0.2) is 42.5 Å². The van der Waals surface area contributed by atoms with Gasteiger partial charge in [-0.25, -0.2) is 0 Å². The Labute approximate surface area is 156 Å². The maximum atomic E-state index is 10.9. The predicted octanol–water partition coefficient (Wildman–Crippen LogP) is 5.08. The number of hydrogen-bond donors (Lipinski definition) is 0. The van der Waals surface area contributed by atoms with Gasteiger partial charge in [-0.1, -0.05) is 69.3 Å². The number of allylic oxidation sites excluding steroid dienone is 1. The van der Waals surface area contributed by atoms with Crippen LogP contribution in [0.1, 0.15) is 79.1 Å². The predicted molar refractivity (Wildman–Crippen MR) is 106 cm³/mol. The van der Waals surface area contributed by atoms with Crippen LogP contribution in [0, 0.1) is 5.41 Å². The second-order valence-corrected chi connectivity index (χ2v) is 8.42. The molecule has 1 atom stereocenters. The minimum atomic E-state index is -1.14. The molecule has 136 valence electrons. The molecule has 1 aliphatic carbocycles. The van der Waals surface area contributed by atoms with Crippen molar-refractivity contribution in [3.63, 3.8) is 0 Å². The maximum absolute atomic E-state index is 10.9. The highest BCUT2D eigenvalue weighted by atomic mass is 16.4.